The average molecular weight is 424 g/mol. The molecule has 162 valence electrons. The molecule has 0 saturated carbocycles. The van der Waals surface area contributed by atoms with Crippen molar-refractivity contribution in [2.24, 2.45) is 0 Å². The molecule has 8 nitrogen and oxygen atoms in total. The van der Waals surface area contributed by atoms with Gasteiger partial charge < -0.3 is 14.5 Å². The molecule has 3 heterocycles. The van der Waals surface area contributed by atoms with Crippen molar-refractivity contribution in [3.05, 3.63) is 59.8 Å². The zero-order valence-electron chi connectivity index (χ0n) is 17.7. The quantitative estimate of drug-likeness (QED) is 0.605. The predicted octanol–water partition coefficient (Wildman–Crippen LogP) is 2.39. The molecule has 0 aliphatic carbocycles. The van der Waals surface area contributed by atoms with Crippen molar-refractivity contribution in [2.45, 2.75) is 13.5 Å². The zero-order chi connectivity index (χ0) is 21.8. The highest BCUT2D eigenvalue weighted by atomic mass is 19.1. The molecular weight excluding hydrogens is 399 g/mol. The highest BCUT2D eigenvalue weighted by Gasteiger charge is 2.26. The van der Waals surface area contributed by atoms with Gasteiger partial charge in [0.25, 0.3) is 11.9 Å². The van der Waals surface area contributed by atoms with Gasteiger partial charge in [-0.1, -0.05) is 19.1 Å². The lowest BCUT2D eigenvalue weighted by molar-refractivity contribution is 0.0638. The summed E-state index contributed by atoms with van der Waals surface area (Å²) in [6.07, 6.45) is 3.08. The van der Waals surface area contributed by atoms with E-state index in [2.05, 4.69) is 26.9 Å². The molecule has 3 aromatic rings. The minimum absolute atomic E-state index is 0.0840. The van der Waals surface area contributed by atoms with Gasteiger partial charge in [-0.25, -0.2) is 14.4 Å². The number of carbonyl (C=O) groups is 1. The second-order valence-corrected chi connectivity index (χ2v) is 7.30. The molecular formula is C22H25FN6O2. The van der Waals surface area contributed by atoms with Crippen LogP contribution in [-0.4, -0.2) is 75.3 Å². The van der Waals surface area contributed by atoms with E-state index in [1.54, 1.807) is 37.6 Å². The average Bonchev–Trinajstić information content (AvgIpc) is 3.23. The normalized spacial score (nSPS) is 14.7. The van der Waals surface area contributed by atoms with E-state index in [1.165, 1.54) is 16.9 Å². The molecule has 1 aliphatic heterocycles. The minimum Gasteiger partial charge on any atom is -0.378 e. The van der Waals surface area contributed by atoms with Crippen LogP contribution in [0.3, 0.4) is 0 Å². The van der Waals surface area contributed by atoms with Gasteiger partial charge in [0, 0.05) is 45.0 Å². The first-order valence-corrected chi connectivity index (χ1v) is 10.3. The van der Waals surface area contributed by atoms with Gasteiger partial charge in [-0.15, -0.1) is 0 Å². The third-order valence-electron chi connectivity index (χ3n) is 5.47. The van der Waals surface area contributed by atoms with Gasteiger partial charge in [-0.05, 0) is 24.7 Å². The number of ether oxygens (including phenoxy) is 1. The van der Waals surface area contributed by atoms with E-state index >= 15 is 0 Å². The summed E-state index contributed by atoms with van der Waals surface area (Å²) in [5.74, 6) is -0.200. The molecule has 0 atom stereocenters. The molecule has 1 amide bonds. The Morgan fingerprint density at radius 3 is 2.65 bits per heavy atom. The maximum Gasteiger partial charge on any atom is 0.257 e. The molecule has 1 saturated heterocycles. The van der Waals surface area contributed by atoms with Gasteiger partial charge >= 0.3 is 0 Å². The van der Waals surface area contributed by atoms with Crippen LogP contribution in [0, 0.1) is 5.82 Å². The molecule has 1 fully saturated rings. The Balaban J connectivity index is 1.66. The van der Waals surface area contributed by atoms with Crippen LogP contribution in [-0.2, 0) is 11.3 Å². The van der Waals surface area contributed by atoms with E-state index < -0.39 is 0 Å². The number of aromatic nitrogens is 4. The lowest BCUT2D eigenvalue weighted by atomic mass is 10.1. The summed E-state index contributed by atoms with van der Waals surface area (Å²) >= 11 is 0. The Morgan fingerprint density at radius 2 is 1.94 bits per heavy atom. The minimum atomic E-state index is -0.369. The molecule has 31 heavy (non-hydrogen) atoms. The van der Waals surface area contributed by atoms with Gasteiger partial charge in [0.15, 0.2) is 0 Å². The molecule has 0 N–H and O–H groups in total. The van der Waals surface area contributed by atoms with Crippen LogP contribution in [0.25, 0.3) is 17.2 Å². The first-order chi connectivity index (χ1) is 15.1. The molecule has 0 bridgehead atoms. The molecule has 0 radical (unpaired) electrons. The first-order valence-electron chi connectivity index (χ1n) is 10.3. The Kier molecular flexibility index (Phi) is 6.34. The Hall–Kier alpha value is -3.17. The summed E-state index contributed by atoms with van der Waals surface area (Å²) in [6, 6.07) is 8.06. The summed E-state index contributed by atoms with van der Waals surface area (Å²) in [7, 11) is 1.56. The smallest absolute Gasteiger partial charge is 0.257 e. The summed E-state index contributed by atoms with van der Waals surface area (Å²) < 4.78 is 21.1. The zero-order valence-corrected chi connectivity index (χ0v) is 17.7. The molecule has 1 aliphatic rings. The second kappa shape index (κ2) is 9.32. The maximum atomic E-state index is 14.2. The maximum absolute atomic E-state index is 14.2. The van der Waals surface area contributed by atoms with Crippen LogP contribution < -0.4 is 0 Å². The lowest BCUT2D eigenvalue weighted by Gasteiger charge is -2.34. The van der Waals surface area contributed by atoms with Gasteiger partial charge in [-0.2, -0.15) is 9.78 Å². The molecule has 4 rings (SSSR count). The van der Waals surface area contributed by atoms with Gasteiger partial charge in [0.05, 0.1) is 29.8 Å². The van der Waals surface area contributed by atoms with Crippen molar-refractivity contribution >= 4 is 5.91 Å². The van der Waals surface area contributed by atoms with E-state index in [1.807, 2.05) is 4.90 Å². The number of piperazine rings is 1. The summed E-state index contributed by atoms with van der Waals surface area (Å²) in [4.78, 5) is 26.1. The van der Waals surface area contributed by atoms with Crippen molar-refractivity contribution in [3.63, 3.8) is 0 Å². The molecule has 0 spiro atoms. The number of methoxy groups -OCH3 is 1. The number of hydrogen-bond donors (Lipinski definition) is 0. The number of carbonyl (C=O) groups excluding carboxylic acids is 1. The van der Waals surface area contributed by atoms with E-state index in [-0.39, 0.29) is 24.3 Å². The fraction of sp³-hybridized carbons (Fsp3) is 0.364. The predicted molar refractivity (Wildman–Crippen MR) is 113 cm³/mol. The van der Waals surface area contributed by atoms with Crippen LogP contribution in [0.4, 0.5) is 4.39 Å². The Morgan fingerprint density at radius 1 is 1.16 bits per heavy atom. The number of halogens is 1. The van der Waals surface area contributed by atoms with Crippen molar-refractivity contribution in [1.29, 1.82) is 0 Å². The Bertz CT molecular complexity index is 1060. The number of likely N-dealkylation sites (N-methyl/N-ethyl adjacent to an activating group) is 1. The largest absolute Gasteiger partial charge is 0.378 e. The summed E-state index contributed by atoms with van der Waals surface area (Å²) in [5.41, 5.74) is 1.84. The van der Waals surface area contributed by atoms with Crippen molar-refractivity contribution < 1.29 is 13.9 Å². The lowest BCUT2D eigenvalue weighted by Crippen LogP contribution is -2.48. The van der Waals surface area contributed by atoms with Crippen LogP contribution in [0.2, 0.25) is 0 Å². The van der Waals surface area contributed by atoms with Crippen molar-refractivity contribution in [3.8, 4) is 17.2 Å². The van der Waals surface area contributed by atoms with Crippen LogP contribution in [0.5, 0.6) is 0 Å². The van der Waals surface area contributed by atoms with Crippen LogP contribution in [0.1, 0.15) is 23.0 Å². The van der Waals surface area contributed by atoms with E-state index in [0.717, 1.165) is 19.6 Å². The number of nitrogens with zero attached hydrogens (tertiary/aromatic N) is 6. The highest BCUT2D eigenvalue weighted by molar-refractivity contribution is 5.95. The number of rotatable bonds is 6. The highest BCUT2D eigenvalue weighted by Crippen LogP contribution is 2.22. The number of benzene rings is 1. The molecule has 2 aromatic heterocycles. The Labute approximate surface area is 180 Å². The first kappa shape index (κ1) is 21.1. The van der Waals surface area contributed by atoms with Crippen LogP contribution in [0.15, 0.2) is 42.7 Å². The third kappa shape index (κ3) is 4.33. The van der Waals surface area contributed by atoms with Gasteiger partial charge in [-0.3, -0.25) is 4.79 Å². The van der Waals surface area contributed by atoms with E-state index in [4.69, 9.17) is 4.74 Å². The summed E-state index contributed by atoms with van der Waals surface area (Å²) in [6.45, 7) is 6.31. The fourth-order valence-corrected chi connectivity index (χ4v) is 3.71. The molecule has 9 heteroatoms. The third-order valence-corrected chi connectivity index (χ3v) is 5.47. The van der Waals surface area contributed by atoms with Gasteiger partial charge in [0.1, 0.15) is 5.82 Å². The second-order valence-electron chi connectivity index (χ2n) is 7.30. The van der Waals surface area contributed by atoms with Crippen LogP contribution >= 0.6 is 0 Å². The molecule has 1 aromatic carbocycles. The fourth-order valence-electron chi connectivity index (χ4n) is 3.71. The van der Waals surface area contributed by atoms with E-state index in [9.17, 15) is 9.18 Å². The van der Waals surface area contributed by atoms with Crippen molar-refractivity contribution in [2.75, 3.05) is 39.8 Å². The van der Waals surface area contributed by atoms with E-state index in [0.29, 0.717) is 35.6 Å². The number of hydrogen-bond acceptors (Lipinski definition) is 6. The topological polar surface area (TPSA) is 76.4 Å². The standard InChI is InChI=1S/C22H25FN6O2/c1-3-27-10-12-28(13-11-27)21(30)17-14-25-29(20(17)15-31-2)22-24-9-8-19(26-22)16-6-4-5-7-18(16)23/h4-9,14H,3,10-13,15H2,1-2H3. The summed E-state index contributed by atoms with van der Waals surface area (Å²) in [5, 5.41) is 4.37. The number of amides is 1. The van der Waals surface area contributed by atoms with Gasteiger partial charge in [0.2, 0.25) is 0 Å². The molecule has 0 unspecified atom stereocenters. The monoisotopic (exact) mass is 424 g/mol. The SMILES string of the molecule is CCN1CCN(C(=O)c2cnn(-c3nccc(-c4ccccc4F)n3)c2COC)CC1. The van der Waals surface area contributed by atoms with Crippen molar-refractivity contribution in [1.82, 2.24) is 29.5 Å².